The number of hydrogen-bond acceptors (Lipinski definition) is 2. The van der Waals surface area contributed by atoms with Gasteiger partial charge in [0.2, 0.25) is 0 Å². The van der Waals surface area contributed by atoms with E-state index in [-0.39, 0.29) is 0 Å². The van der Waals surface area contributed by atoms with E-state index in [2.05, 4.69) is 19.1 Å². The number of rotatable bonds is 6. The Morgan fingerprint density at radius 3 is 2.67 bits per heavy atom. The molecular formula is C16H18O2. The van der Waals surface area contributed by atoms with Gasteiger partial charge in [0.05, 0.1) is 6.26 Å². The molecule has 94 valence electrons. The van der Waals surface area contributed by atoms with Gasteiger partial charge in [0.1, 0.15) is 0 Å². The number of benzene rings is 1. The zero-order valence-electron chi connectivity index (χ0n) is 10.7. The summed E-state index contributed by atoms with van der Waals surface area (Å²) in [6, 6.07) is 10.2. The summed E-state index contributed by atoms with van der Waals surface area (Å²) in [5, 5.41) is 0. The molecule has 0 atom stereocenters. The molecule has 1 aromatic heterocycles. The Morgan fingerprint density at radius 1 is 1.22 bits per heavy atom. The molecule has 1 heterocycles. The van der Waals surface area contributed by atoms with Crippen molar-refractivity contribution in [2.24, 2.45) is 0 Å². The first-order chi connectivity index (χ1) is 8.85. The van der Waals surface area contributed by atoms with Gasteiger partial charge in [-0.15, -0.1) is 0 Å². The third-order valence-electron chi connectivity index (χ3n) is 3.14. The summed E-state index contributed by atoms with van der Waals surface area (Å²) < 4.78 is 5.35. The molecule has 2 heteroatoms. The van der Waals surface area contributed by atoms with E-state index in [0.29, 0.717) is 5.76 Å². The third-order valence-corrected chi connectivity index (χ3v) is 3.14. The molecule has 0 radical (unpaired) electrons. The van der Waals surface area contributed by atoms with Gasteiger partial charge in [-0.25, -0.2) is 0 Å². The van der Waals surface area contributed by atoms with E-state index in [4.69, 9.17) is 4.42 Å². The Hall–Kier alpha value is -1.83. The second-order valence-corrected chi connectivity index (χ2v) is 4.49. The summed E-state index contributed by atoms with van der Waals surface area (Å²) in [6.07, 6.45) is 6.57. The molecule has 0 aliphatic heterocycles. The number of furan rings is 1. The van der Waals surface area contributed by atoms with E-state index >= 15 is 0 Å². The van der Waals surface area contributed by atoms with Crippen molar-refractivity contribution in [2.45, 2.75) is 32.6 Å². The number of carbonyl (C=O) groups is 1. The van der Waals surface area contributed by atoms with Crippen molar-refractivity contribution in [3.8, 4) is 0 Å². The Balaban J connectivity index is 2.24. The minimum absolute atomic E-state index is 0.477. The molecule has 0 aliphatic rings. The van der Waals surface area contributed by atoms with Crippen LogP contribution >= 0.6 is 0 Å². The first-order valence-electron chi connectivity index (χ1n) is 6.43. The fourth-order valence-corrected chi connectivity index (χ4v) is 2.11. The molecule has 0 saturated carbocycles. The van der Waals surface area contributed by atoms with Crippen molar-refractivity contribution in [3.63, 3.8) is 0 Å². The Bertz CT molecular complexity index is 497. The van der Waals surface area contributed by atoms with Crippen LogP contribution in [0.1, 0.15) is 47.0 Å². The predicted molar refractivity (Wildman–Crippen MR) is 72.0 cm³/mol. The van der Waals surface area contributed by atoms with E-state index in [0.717, 1.165) is 37.5 Å². The minimum atomic E-state index is 0.477. The van der Waals surface area contributed by atoms with Crippen LogP contribution in [-0.4, -0.2) is 6.29 Å². The quantitative estimate of drug-likeness (QED) is 0.716. The average molecular weight is 242 g/mol. The predicted octanol–water partition coefficient (Wildman–Crippen LogP) is 4.03. The monoisotopic (exact) mass is 242 g/mol. The van der Waals surface area contributed by atoms with E-state index in [1.54, 1.807) is 6.26 Å². The van der Waals surface area contributed by atoms with Crippen LogP contribution in [0.15, 0.2) is 41.0 Å². The van der Waals surface area contributed by atoms with Crippen molar-refractivity contribution < 1.29 is 9.21 Å². The highest BCUT2D eigenvalue weighted by molar-refractivity contribution is 5.74. The first-order valence-corrected chi connectivity index (χ1v) is 6.43. The van der Waals surface area contributed by atoms with Crippen LogP contribution in [0.2, 0.25) is 0 Å². The molecular weight excluding hydrogens is 224 g/mol. The maximum Gasteiger partial charge on any atom is 0.185 e. The van der Waals surface area contributed by atoms with Crippen LogP contribution in [0.4, 0.5) is 0 Å². The van der Waals surface area contributed by atoms with Crippen molar-refractivity contribution in [2.75, 3.05) is 0 Å². The van der Waals surface area contributed by atoms with Crippen LogP contribution in [-0.2, 0) is 12.8 Å². The van der Waals surface area contributed by atoms with Gasteiger partial charge in [0.25, 0.3) is 0 Å². The fraction of sp³-hybridized carbons (Fsp3) is 0.312. The second kappa shape index (κ2) is 6.20. The van der Waals surface area contributed by atoms with Gasteiger partial charge in [-0.05, 0) is 24.0 Å². The molecule has 0 aliphatic carbocycles. The highest BCUT2D eigenvalue weighted by Crippen LogP contribution is 2.21. The Kier molecular flexibility index (Phi) is 4.35. The lowest BCUT2D eigenvalue weighted by Crippen LogP contribution is -1.95. The SMILES string of the molecule is CCCCc1coc(C=O)c1Cc1ccccc1. The zero-order valence-corrected chi connectivity index (χ0v) is 10.7. The largest absolute Gasteiger partial charge is 0.461 e. The summed E-state index contributed by atoms with van der Waals surface area (Å²) in [6.45, 7) is 2.16. The maximum absolute atomic E-state index is 11.0. The molecule has 1 aromatic carbocycles. The number of unbranched alkanes of at least 4 members (excludes halogenated alkanes) is 1. The maximum atomic E-state index is 11.0. The fourth-order valence-electron chi connectivity index (χ4n) is 2.11. The van der Waals surface area contributed by atoms with Gasteiger partial charge in [0.15, 0.2) is 12.0 Å². The van der Waals surface area contributed by atoms with Gasteiger partial charge in [0, 0.05) is 12.0 Å². The topological polar surface area (TPSA) is 30.2 Å². The van der Waals surface area contributed by atoms with Gasteiger partial charge in [-0.1, -0.05) is 43.7 Å². The lowest BCUT2D eigenvalue weighted by Gasteiger charge is -2.03. The van der Waals surface area contributed by atoms with E-state index in [1.165, 1.54) is 11.1 Å². The minimum Gasteiger partial charge on any atom is -0.461 e. The summed E-state index contributed by atoms with van der Waals surface area (Å²) in [4.78, 5) is 11.0. The standard InChI is InChI=1S/C16H18O2/c1-2-3-9-14-12-18-16(11-17)15(14)10-13-7-5-4-6-8-13/h4-8,11-12H,2-3,9-10H2,1H3. The van der Waals surface area contributed by atoms with Crippen molar-refractivity contribution in [1.82, 2.24) is 0 Å². The Labute approximate surface area is 108 Å². The highest BCUT2D eigenvalue weighted by Gasteiger charge is 2.13. The summed E-state index contributed by atoms with van der Waals surface area (Å²) in [5.41, 5.74) is 3.42. The molecule has 18 heavy (non-hydrogen) atoms. The molecule has 2 nitrogen and oxygen atoms in total. The lowest BCUT2D eigenvalue weighted by atomic mass is 9.99. The van der Waals surface area contributed by atoms with Crippen LogP contribution in [0.5, 0.6) is 0 Å². The van der Waals surface area contributed by atoms with Crippen molar-refractivity contribution in [1.29, 1.82) is 0 Å². The number of aryl methyl sites for hydroxylation is 1. The van der Waals surface area contributed by atoms with Crippen LogP contribution in [0.3, 0.4) is 0 Å². The molecule has 0 saturated heterocycles. The van der Waals surface area contributed by atoms with E-state index in [1.807, 2.05) is 18.2 Å². The van der Waals surface area contributed by atoms with Gasteiger partial charge in [-0.2, -0.15) is 0 Å². The normalized spacial score (nSPS) is 10.5. The van der Waals surface area contributed by atoms with E-state index in [9.17, 15) is 4.79 Å². The molecule has 2 rings (SSSR count). The molecule has 0 N–H and O–H groups in total. The average Bonchev–Trinajstić information content (AvgIpc) is 2.80. The third kappa shape index (κ3) is 2.89. The summed E-state index contributed by atoms with van der Waals surface area (Å²) in [7, 11) is 0. The molecule has 0 bridgehead atoms. The molecule has 0 amide bonds. The molecule has 0 unspecified atom stereocenters. The second-order valence-electron chi connectivity index (χ2n) is 4.49. The number of carbonyl (C=O) groups excluding carboxylic acids is 1. The number of hydrogen-bond donors (Lipinski definition) is 0. The van der Waals surface area contributed by atoms with Crippen molar-refractivity contribution >= 4 is 6.29 Å². The summed E-state index contributed by atoms with van der Waals surface area (Å²) >= 11 is 0. The van der Waals surface area contributed by atoms with Crippen molar-refractivity contribution in [3.05, 3.63) is 59.0 Å². The van der Waals surface area contributed by atoms with Gasteiger partial charge in [-0.3, -0.25) is 4.79 Å². The molecule has 0 fully saturated rings. The van der Waals surface area contributed by atoms with Gasteiger partial charge >= 0.3 is 0 Å². The van der Waals surface area contributed by atoms with Crippen LogP contribution < -0.4 is 0 Å². The summed E-state index contributed by atoms with van der Waals surface area (Å²) in [5.74, 6) is 0.477. The highest BCUT2D eigenvalue weighted by atomic mass is 16.3. The van der Waals surface area contributed by atoms with E-state index < -0.39 is 0 Å². The Morgan fingerprint density at radius 2 is 2.00 bits per heavy atom. The number of aldehydes is 1. The molecule has 2 aromatic rings. The zero-order chi connectivity index (χ0) is 12.8. The smallest absolute Gasteiger partial charge is 0.185 e. The molecule has 0 spiro atoms. The van der Waals surface area contributed by atoms with Gasteiger partial charge < -0.3 is 4.42 Å². The lowest BCUT2D eigenvalue weighted by molar-refractivity contribution is 0.109. The van der Waals surface area contributed by atoms with Crippen LogP contribution in [0.25, 0.3) is 0 Å². The first kappa shape index (κ1) is 12.6. The van der Waals surface area contributed by atoms with Crippen LogP contribution in [0, 0.1) is 0 Å².